The lowest BCUT2D eigenvalue weighted by Gasteiger charge is -2.38. The van der Waals surface area contributed by atoms with Crippen molar-refractivity contribution in [3.05, 3.63) is 112 Å². The van der Waals surface area contributed by atoms with Crippen LogP contribution in [0.5, 0.6) is 0 Å². The number of allylic oxidation sites excluding steroid dienone is 4. The lowest BCUT2D eigenvalue weighted by Crippen LogP contribution is -2.45. The summed E-state index contributed by atoms with van der Waals surface area (Å²) in [7, 11) is 0. The van der Waals surface area contributed by atoms with Crippen LogP contribution in [0.3, 0.4) is 0 Å². The second-order valence-corrected chi connectivity index (χ2v) is 10.7. The third-order valence-electron chi connectivity index (χ3n) is 7.50. The van der Waals surface area contributed by atoms with E-state index in [2.05, 4.69) is 68.8 Å². The molecule has 1 aliphatic heterocycles. The molecule has 0 amide bonds. The molecule has 6 heteroatoms. The first-order valence-corrected chi connectivity index (χ1v) is 13.5. The Hall–Kier alpha value is -3.33. The van der Waals surface area contributed by atoms with Crippen molar-refractivity contribution in [2.45, 2.75) is 45.2 Å². The van der Waals surface area contributed by atoms with Gasteiger partial charge in [0.1, 0.15) is 0 Å². The van der Waals surface area contributed by atoms with E-state index in [0.717, 1.165) is 69.1 Å². The van der Waals surface area contributed by atoms with Crippen molar-refractivity contribution in [1.29, 1.82) is 5.26 Å². The maximum absolute atomic E-state index is 9.15. The van der Waals surface area contributed by atoms with Gasteiger partial charge in [-0.25, -0.2) is 4.98 Å². The standard InChI is InChI=1S/C31H34ClN5/c1-24(29-17-28(18-30(32)19-29)22-36-10-9-34-23-36)15-25-5-7-31(8-6-25)37-13-11-35(12-14-37)21-27-4-2-3-26(16-27)20-33/h2-5,7,9-10,16-19,23-24H,6,8,11-15,21-22H2,1H3. The molecule has 1 unspecified atom stereocenters. The molecular weight excluding hydrogens is 478 g/mol. The Balaban J connectivity index is 1.14. The smallest absolute Gasteiger partial charge is 0.0991 e. The minimum Gasteiger partial charge on any atom is -0.372 e. The molecule has 0 bridgehead atoms. The highest BCUT2D eigenvalue weighted by atomic mass is 35.5. The monoisotopic (exact) mass is 511 g/mol. The minimum atomic E-state index is 0.421. The summed E-state index contributed by atoms with van der Waals surface area (Å²) in [4.78, 5) is 9.19. The van der Waals surface area contributed by atoms with Crippen LogP contribution in [0.2, 0.25) is 5.02 Å². The maximum Gasteiger partial charge on any atom is 0.0991 e. The fourth-order valence-corrected chi connectivity index (χ4v) is 5.71. The van der Waals surface area contributed by atoms with Crippen molar-refractivity contribution in [3.63, 3.8) is 0 Å². The third kappa shape index (κ3) is 6.71. The number of nitriles is 1. The number of hydrogen-bond donors (Lipinski definition) is 0. The maximum atomic E-state index is 9.15. The molecule has 37 heavy (non-hydrogen) atoms. The predicted molar refractivity (Wildman–Crippen MR) is 149 cm³/mol. The SMILES string of the molecule is CC(CC1=CC=C(N2CCN(Cc3cccc(C#N)c3)CC2)CC1)c1cc(Cl)cc(Cn2ccnc2)c1. The average molecular weight is 512 g/mol. The van der Waals surface area contributed by atoms with Gasteiger partial charge >= 0.3 is 0 Å². The highest BCUT2D eigenvalue weighted by Crippen LogP contribution is 2.32. The topological polar surface area (TPSA) is 48.1 Å². The van der Waals surface area contributed by atoms with Gasteiger partial charge in [0, 0.05) is 62.4 Å². The van der Waals surface area contributed by atoms with Crippen molar-refractivity contribution >= 4 is 11.6 Å². The van der Waals surface area contributed by atoms with Crippen molar-refractivity contribution in [2.75, 3.05) is 26.2 Å². The van der Waals surface area contributed by atoms with Crippen LogP contribution in [0.15, 0.2) is 84.6 Å². The normalized spacial score (nSPS) is 17.2. The van der Waals surface area contributed by atoms with E-state index in [9.17, 15) is 0 Å². The van der Waals surface area contributed by atoms with Crippen molar-refractivity contribution in [3.8, 4) is 6.07 Å². The zero-order chi connectivity index (χ0) is 25.6. The molecule has 0 saturated carbocycles. The second kappa shape index (κ2) is 11.8. The molecule has 0 radical (unpaired) electrons. The Morgan fingerprint density at radius 3 is 2.59 bits per heavy atom. The van der Waals surface area contributed by atoms with E-state index in [0.29, 0.717) is 5.92 Å². The number of hydrogen-bond acceptors (Lipinski definition) is 4. The summed E-state index contributed by atoms with van der Waals surface area (Å²) in [6, 6.07) is 16.7. The van der Waals surface area contributed by atoms with E-state index < -0.39 is 0 Å². The molecule has 1 aliphatic carbocycles. The number of rotatable bonds is 8. The van der Waals surface area contributed by atoms with Crippen LogP contribution in [0.1, 0.15) is 54.4 Å². The fraction of sp³-hybridized carbons (Fsp3) is 0.355. The Morgan fingerprint density at radius 1 is 1.00 bits per heavy atom. The van der Waals surface area contributed by atoms with Crippen LogP contribution in [0.4, 0.5) is 0 Å². The number of benzene rings is 2. The summed E-state index contributed by atoms with van der Waals surface area (Å²) in [5.74, 6) is 0.421. The molecule has 0 N–H and O–H groups in total. The van der Waals surface area contributed by atoms with Gasteiger partial charge in [0.2, 0.25) is 0 Å². The molecule has 1 aromatic heterocycles. The molecule has 0 spiro atoms. The molecule has 5 nitrogen and oxygen atoms in total. The van der Waals surface area contributed by atoms with Gasteiger partial charge in [0.05, 0.1) is 18.0 Å². The van der Waals surface area contributed by atoms with Gasteiger partial charge in [0.15, 0.2) is 0 Å². The zero-order valence-electron chi connectivity index (χ0n) is 21.5. The highest BCUT2D eigenvalue weighted by Gasteiger charge is 2.21. The van der Waals surface area contributed by atoms with Gasteiger partial charge in [0.25, 0.3) is 0 Å². The first kappa shape index (κ1) is 25.3. The van der Waals surface area contributed by atoms with E-state index in [1.54, 1.807) is 0 Å². The Labute approximate surface area is 225 Å². The van der Waals surface area contributed by atoms with Crippen LogP contribution in [-0.4, -0.2) is 45.5 Å². The molecule has 5 rings (SSSR count). The van der Waals surface area contributed by atoms with Gasteiger partial charge in [-0.2, -0.15) is 5.26 Å². The number of halogens is 1. The van der Waals surface area contributed by atoms with E-state index in [4.69, 9.17) is 16.9 Å². The average Bonchev–Trinajstić information content (AvgIpc) is 3.42. The fourth-order valence-electron chi connectivity index (χ4n) is 5.45. The highest BCUT2D eigenvalue weighted by molar-refractivity contribution is 6.30. The molecule has 1 atom stereocenters. The van der Waals surface area contributed by atoms with Crippen LogP contribution >= 0.6 is 11.6 Å². The number of nitrogens with zero attached hydrogens (tertiary/aromatic N) is 5. The van der Waals surface area contributed by atoms with Gasteiger partial charge in [-0.05, 0) is 72.2 Å². The summed E-state index contributed by atoms with van der Waals surface area (Å²) in [6.07, 6.45) is 13.6. The number of aromatic nitrogens is 2. The summed E-state index contributed by atoms with van der Waals surface area (Å²) in [6.45, 7) is 8.23. The summed E-state index contributed by atoms with van der Waals surface area (Å²) >= 11 is 6.48. The van der Waals surface area contributed by atoms with E-state index in [1.165, 1.54) is 28.0 Å². The molecule has 2 heterocycles. The lowest BCUT2D eigenvalue weighted by atomic mass is 9.88. The van der Waals surface area contributed by atoms with Crippen LogP contribution in [0, 0.1) is 11.3 Å². The summed E-state index contributed by atoms with van der Waals surface area (Å²) in [5.41, 5.74) is 7.46. The molecule has 2 aromatic carbocycles. The molecule has 3 aromatic rings. The van der Waals surface area contributed by atoms with E-state index in [1.807, 2.05) is 36.9 Å². The first-order valence-electron chi connectivity index (χ1n) is 13.2. The Kier molecular flexibility index (Phi) is 8.08. The zero-order valence-corrected chi connectivity index (χ0v) is 22.2. The van der Waals surface area contributed by atoms with Crippen molar-refractivity contribution in [2.24, 2.45) is 0 Å². The summed E-state index contributed by atoms with van der Waals surface area (Å²) < 4.78 is 2.07. The lowest BCUT2D eigenvalue weighted by molar-refractivity contribution is 0.149. The van der Waals surface area contributed by atoms with Gasteiger partial charge < -0.3 is 9.47 Å². The third-order valence-corrected chi connectivity index (χ3v) is 7.71. The van der Waals surface area contributed by atoms with Gasteiger partial charge in [-0.3, -0.25) is 4.90 Å². The quantitative estimate of drug-likeness (QED) is 0.352. The molecule has 1 fully saturated rings. The number of piperazine rings is 1. The molecular formula is C31H34ClN5. The Morgan fingerprint density at radius 2 is 1.86 bits per heavy atom. The second-order valence-electron chi connectivity index (χ2n) is 10.3. The number of imidazole rings is 1. The van der Waals surface area contributed by atoms with Gasteiger partial charge in [-0.1, -0.05) is 48.4 Å². The predicted octanol–water partition coefficient (Wildman–Crippen LogP) is 6.37. The molecule has 190 valence electrons. The largest absolute Gasteiger partial charge is 0.372 e. The van der Waals surface area contributed by atoms with Crippen LogP contribution < -0.4 is 0 Å². The van der Waals surface area contributed by atoms with Gasteiger partial charge in [-0.15, -0.1) is 0 Å². The van der Waals surface area contributed by atoms with Crippen LogP contribution in [0.25, 0.3) is 0 Å². The molecule has 1 saturated heterocycles. The van der Waals surface area contributed by atoms with Crippen LogP contribution in [-0.2, 0) is 13.1 Å². The Bertz CT molecular complexity index is 1310. The summed E-state index contributed by atoms with van der Waals surface area (Å²) in [5, 5.41) is 9.95. The van der Waals surface area contributed by atoms with Crippen molar-refractivity contribution in [1.82, 2.24) is 19.4 Å². The first-order chi connectivity index (χ1) is 18.1. The molecule has 2 aliphatic rings. The van der Waals surface area contributed by atoms with E-state index >= 15 is 0 Å². The van der Waals surface area contributed by atoms with Crippen molar-refractivity contribution < 1.29 is 0 Å². The van der Waals surface area contributed by atoms with E-state index in [-0.39, 0.29) is 0 Å². The minimum absolute atomic E-state index is 0.421.